The third-order valence-corrected chi connectivity index (χ3v) is 9.75. The Morgan fingerprint density at radius 3 is 2.42 bits per heavy atom. The van der Waals surface area contributed by atoms with Crippen molar-refractivity contribution in [2.24, 2.45) is 7.05 Å². The van der Waals surface area contributed by atoms with Gasteiger partial charge in [0, 0.05) is 54.4 Å². The molecule has 4 aromatic carbocycles. The number of carbonyl (C=O) groups excluding carboxylic acids is 2. The van der Waals surface area contributed by atoms with E-state index in [0.29, 0.717) is 35.6 Å². The van der Waals surface area contributed by atoms with E-state index in [0.717, 1.165) is 47.8 Å². The standard InChI is InChI=1S/C40H36FN5O2/c1-25-15-28-9-7-8-10-30(28)24-45(25)39(47)37-19-31-23-43-14-13-29(31)18-36(37)38-21-35(26(2)44(38)3)40(48)46(33-11-5-4-6-12-33)34-17-27(22-42)16-32(41)20-34/h4-12,16-21,25,43H,13-15,23-24H2,1-3H3/t25-/m1/s1. The zero-order chi connectivity index (χ0) is 33.5. The van der Waals surface area contributed by atoms with Crippen molar-refractivity contribution in [1.82, 2.24) is 14.8 Å². The molecular formula is C40H36FN5O2. The van der Waals surface area contributed by atoms with Crippen molar-refractivity contribution in [3.8, 4) is 17.3 Å². The van der Waals surface area contributed by atoms with Crippen molar-refractivity contribution in [2.75, 3.05) is 11.4 Å². The van der Waals surface area contributed by atoms with Crippen LogP contribution < -0.4 is 10.2 Å². The first kappa shape index (κ1) is 31.1. The summed E-state index contributed by atoms with van der Waals surface area (Å²) in [5.74, 6) is -1.02. The predicted octanol–water partition coefficient (Wildman–Crippen LogP) is 7.22. The molecule has 0 bridgehead atoms. The minimum atomic E-state index is -0.607. The van der Waals surface area contributed by atoms with Crippen molar-refractivity contribution >= 4 is 23.2 Å². The fraction of sp³-hybridized carbons (Fsp3) is 0.225. The van der Waals surface area contributed by atoms with Crippen LogP contribution in [0.15, 0.2) is 91.0 Å². The maximum Gasteiger partial charge on any atom is 0.264 e. The molecule has 3 heterocycles. The van der Waals surface area contributed by atoms with Gasteiger partial charge in [0.15, 0.2) is 0 Å². The lowest BCUT2D eigenvalue weighted by molar-refractivity contribution is 0.0658. The number of nitrogens with one attached hydrogen (secondary N) is 1. The molecule has 1 aromatic heterocycles. The predicted molar refractivity (Wildman–Crippen MR) is 185 cm³/mol. The van der Waals surface area contributed by atoms with Crippen LogP contribution in [0.4, 0.5) is 15.8 Å². The van der Waals surface area contributed by atoms with Crippen molar-refractivity contribution in [1.29, 1.82) is 5.26 Å². The summed E-state index contributed by atoms with van der Waals surface area (Å²) >= 11 is 0. The van der Waals surface area contributed by atoms with Gasteiger partial charge in [-0.05, 0) is 104 Å². The number of hydrogen-bond donors (Lipinski definition) is 1. The van der Waals surface area contributed by atoms with Crippen LogP contribution in [0.5, 0.6) is 0 Å². The number of hydrogen-bond acceptors (Lipinski definition) is 4. The van der Waals surface area contributed by atoms with Crippen LogP contribution in [-0.2, 0) is 33.0 Å². The van der Waals surface area contributed by atoms with Crippen molar-refractivity contribution in [3.05, 3.63) is 141 Å². The van der Waals surface area contributed by atoms with E-state index in [-0.39, 0.29) is 29.1 Å². The number of nitriles is 1. The minimum Gasteiger partial charge on any atom is -0.347 e. The average Bonchev–Trinajstić information content (AvgIpc) is 3.40. The maximum atomic E-state index is 14.7. The number of carbonyl (C=O) groups is 2. The van der Waals surface area contributed by atoms with Crippen molar-refractivity contribution in [2.45, 2.75) is 45.8 Å². The lowest BCUT2D eigenvalue weighted by Crippen LogP contribution is -2.43. The number of para-hydroxylation sites is 1. The maximum absolute atomic E-state index is 14.7. The summed E-state index contributed by atoms with van der Waals surface area (Å²) in [6.45, 7) is 6.04. The summed E-state index contributed by atoms with van der Waals surface area (Å²) in [5, 5.41) is 13.0. The third-order valence-electron chi connectivity index (χ3n) is 9.75. The highest BCUT2D eigenvalue weighted by Crippen LogP contribution is 2.36. The summed E-state index contributed by atoms with van der Waals surface area (Å²) in [4.78, 5) is 32.5. The van der Waals surface area contributed by atoms with E-state index in [1.807, 2.05) is 72.0 Å². The van der Waals surface area contributed by atoms with E-state index in [9.17, 15) is 19.2 Å². The SMILES string of the molecule is Cc1c(C(=O)N(c2ccccc2)c2cc(F)cc(C#N)c2)cc(-c2cc3c(cc2C(=O)N2Cc4ccccc4C[C@H]2C)CNCC3)n1C. The molecular weight excluding hydrogens is 601 g/mol. The fourth-order valence-electron chi connectivity index (χ4n) is 7.05. The molecule has 0 aliphatic carbocycles. The quantitative estimate of drug-likeness (QED) is 0.221. The van der Waals surface area contributed by atoms with Crippen molar-refractivity contribution < 1.29 is 14.0 Å². The molecule has 0 unspecified atom stereocenters. The highest BCUT2D eigenvalue weighted by molar-refractivity contribution is 6.12. The first-order valence-electron chi connectivity index (χ1n) is 16.2. The molecule has 0 spiro atoms. The normalized spacial score (nSPS) is 15.3. The van der Waals surface area contributed by atoms with Gasteiger partial charge in [0.05, 0.1) is 22.9 Å². The second-order valence-electron chi connectivity index (χ2n) is 12.7. The number of anilines is 2. The molecule has 1 N–H and O–H groups in total. The molecule has 0 saturated carbocycles. The molecule has 5 aromatic rings. The Labute approximate surface area is 279 Å². The van der Waals surface area contributed by atoms with Gasteiger partial charge in [0.25, 0.3) is 11.8 Å². The van der Waals surface area contributed by atoms with Crippen LogP contribution in [0, 0.1) is 24.1 Å². The van der Waals surface area contributed by atoms with E-state index in [1.165, 1.54) is 28.2 Å². The number of nitrogens with zero attached hydrogens (tertiary/aromatic N) is 4. The molecule has 2 aliphatic heterocycles. The van der Waals surface area contributed by atoms with Gasteiger partial charge in [-0.2, -0.15) is 5.26 Å². The first-order valence-corrected chi connectivity index (χ1v) is 16.2. The summed E-state index contributed by atoms with van der Waals surface area (Å²) in [7, 11) is 1.90. The molecule has 0 saturated heterocycles. The monoisotopic (exact) mass is 637 g/mol. The van der Waals surface area contributed by atoms with Crippen LogP contribution in [0.3, 0.4) is 0 Å². The molecule has 2 aliphatic rings. The van der Waals surface area contributed by atoms with Gasteiger partial charge >= 0.3 is 0 Å². The van der Waals surface area contributed by atoms with Gasteiger partial charge in [-0.15, -0.1) is 0 Å². The Bertz CT molecular complexity index is 2110. The summed E-state index contributed by atoms with van der Waals surface area (Å²) in [6, 6.07) is 29.2. The minimum absolute atomic E-state index is 0.0192. The Hall–Kier alpha value is -5.52. The Kier molecular flexibility index (Phi) is 8.16. The number of fused-ring (bicyclic) bond motifs is 2. The van der Waals surface area contributed by atoms with Gasteiger partial charge in [-0.3, -0.25) is 14.5 Å². The highest BCUT2D eigenvalue weighted by atomic mass is 19.1. The summed E-state index contributed by atoms with van der Waals surface area (Å²) < 4.78 is 16.7. The van der Waals surface area contributed by atoms with Gasteiger partial charge < -0.3 is 14.8 Å². The second-order valence-corrected chi connectivity index (χ2v) is 12.7. The molecule has 0 fully saturated rings. The molecule has 8 heteroatoms. The van der Waals surface area contributed by atoms with Gasteiger partial charge in [0.1, 0.15) is 5.82 Å². The molecule has 0 radical (unpaired) electrons. The molecule has 7 nitrogen and oxygen atoms in total. The molecule has 48 heavy (non-hydrogen) atoms. The molecule has 240 valence electrons. The van der Waals surface area contributed by atoms with Crippen LogP contribution in [0.1, 0.15) is 61.2 Å². The molecule has 1 atom stereocenters. The van der Waals surface area contributed by atoms with E-state index < -0.39 is 5.82 Å². The largest absolute Gasteiger partial charge is 0.347 e. The van der Waals surface area contributed by atoms with E-state index >= 15 is 0 Å². The number of benzene rings is 4. The smallest absolute Gasteiger partial charge is 0.264 e. The first-order chi connectivity index (χ1) is 23.2. The topological polar surface area (TPSA) is 81.4 Å². The zero-order valence-corrected chi connectivity index (χ0v) is 27.3. The summed E-state index contributed by atoms with van der Waals surface area (Å²) in [5.41, 5.74) is 8.87. The summed E-state index contributed by atoms with van der Waals surface area (Å²) in [6.07, 6.45) is 1.62. The highest BCUT2D eigenvalue weighted by Gasteiger charge is 2.32. The van der Waals surface area contributed by atoms with Crippen LogP contribution >= 0.6 is 0 Å². The van der Waals surface area contributed by atoms with Gasteiger partial charge in [-0.1, -0.05) is 42.5 Å². The Balaban J connectivity index is 1.34. The number of amides is 2. The van der Waals surface area contributed by atoms with E-state index in [4.69, 9.17) is 0 Å². The number of aromatic nitrogens is 1. The van der Waals surface area contributed by atoms with Crippen LogP contribution in [0.25, 0.3) is 11.3 Å². The van der Waals surface area contributed by atoms with E-state index in [2.05, 4.69) is 30.4 Å². The van der Waals surface area contributed by atoms with Crippen molar-refractivity contribution in [3.63, 3.8) is 0 Å². The fourth-order valence-corrected chi connectivity index (χ4v) is 7.05. The Morgan fingerprint density at radius 1 is 0.896 bits per heavy atom. The van der Waals surface area contributed by atoms with Gasteiger partial charge in [-0.25, -0.2) is 4.39 Å². The lowest BCUT2D eigenvalue weighted by Gasteiger charge is -2.35. The number of rotatable bonds is 5. The molecule has 2 amide bonds. The van der Waals surface area contributed by atoms with Crippen LogP contribution in [-0.4, -0.2) is 33.9 Å². The average molecular weight is 638 g/mol. The van der Waals surface area contributed by atoms with E-state index in [1.54, 1.807) is 12.1 Å². The third kappa shape index (κ3) is 5.56. The zero-order valence-electron chi connectivity index (χ0n) is 27.3. The van der Waals surface area contributed by atoms with Crippen LogP contribution in [0.2, 0.25) is 0 Å². The lowest BCUT2D eigenvalue weighted by atomic mass is 9.90. The number of halogens is 1. The molecule has 7 rings (SSSR count). The van der Waals surface area contributed by atoms with Gasteiger partial charge in [0.2, 0.25) is 0 Å². The second kappa shape index (κ2) is 12.6. The Morgan fingerprint density at radius 2 is 1.65 bits per heavy atom.